The van der Waals surface area contributed by atoms with Crippen LogP contribution < -0.4 is 19.5 Å². The second kappa shape index (κ2) is 11.7. The summed E-state index contributed by atoms with van der Waals surface area (Å²) in [5, 5.41) is 3.25. The Morgan fingerprint density at radius 3 is 2.41 bits per heavy atom. The topological polar surface area (TPSA) is 109 Å². The van der Waals surface area contributed by atoms with Gasteiger partial charge in [-0.1, -0.05) is 17.7 Å². The number of hydrogen-bond donors (Lipinski definition) is 1. The van der Waals surface area contributed by atoms with E-state index in [1.165, 1.54) is 44.5 Å². The number of benzene rings is 2. The van der Waals surface area contributed by atoms with Crippen molar-refractivity contribution in [1.82, 2.24) is 14.3 Å². The molecule has 0 saturated carbocycles. The molecule has 11 heteroatoms. The average molecular weight is 556 g/mol. The van der Waals surface area contributed by atoms with Crippen LogP contribution in [0.3, 0.4) is 0 Å². The van der Waals surface area contributed by atoms with Crippen LogP contribution in [0.5, 0.6) is 17.4 Å². The monoisotopic (exact) mass is 555 g/mol. The molecule has 39 heavy (non-hydrogen) atoms. The molecule has 0 fully saturated rings. The molecule has 4 rings (SSSR count). The molecule has 0 radical (unpaired) electrons. The number of methoxy groups -OCH3 is 1. The quantitative estimate of drug-likeness (QED) is 0.277. The first-order valence-corrected chi connectivity index (χ1v) is 13.7. The highest BCUT2D eigenvalue weighted by molar-refractivity contribution is 7.90. The lowest BCUT2D eigenvalue weighted by molar-refractivity contribution is -0.118. The van der Waals surface area contributed by atoms with Gasteiger partial charge in [0.2, 0.25) is 11.8 Å². The summed E-state index contributed by atoms with van der Waals surface area (Å²) < 4.78 is 60.0. The minimum Gasteiger partial charge on any atom is -0.488 e. The van der Waals surface area contributed by atoms with Gasteiger partial charge in [-0.15, -0.1) is 0 Å². The van der Waals surface area contributed by atoms with Crippen LogP contribution in [-0.2, 0) is 21.2 Å². The van der Waals surface area contributed by atoms with E-state index >= 15 is 4.39 Å². The minimum atomic E-state index is -4.03. The second-order valence-electron chi connectivity index (χ2n) is 8.91. The molecule has 2 aromatic carbocycles. The van der Waals surface area contributed by atoms with E-state index in [1.54, 1.807) is 31.2 Å². The van der Waals surface area contributed by atoms with Crippen LogP contribution in [0.15, 0.2) is 59.6 Å². The second-order valence-corrected chi connectivity index (χ2v) is 10.7. The first-order chi connectivity index (χ1) is 18.6. The molecule has 1 amide bonds. The van der Waals surface area contributed by atoms with Crippen molar-refractivity contribution in [3.8, 4) is 17.4 Å². The summed E-state index contributed by atoms with van der Waals surface area (Å²) in [5.74, 6) is 0.00907. The largest absolute Gasteiger partial charge is 0.488 e. The third-order valence-corrected chi connectivity index (χ3v) is 7.99. The van der Waals surface area contributed by atoms with Crippen molar-refractivity contribution in [2.45, 2.75) is 32.1 Å². The van der Waals surface area contributed by atoms with Gasteiger partial charge in [0.25, 0.3) is 10.0 Å². The molecular formula is C28H30FN3O6S. The lowest BCUT2D eigenvalue weighted by Crippen LogP contribution is -2.22. The maximum absolute atomic E-state index is 15.2. The van der Waals surface area contributed by atoms with Gasteiger partial charge in [-0.2, -0.15) is 0 Å². The highest BCUT2D eigenvalue weighted by atomic mass is 32.2. The summed E-state index contributed by atoms with van der Waals surface area (Å²) in [4.78, 5) is 15.6. The van der Waals surface area contributed by atoms with Crippen LogP contribution in [0, 0.1) is 19.7 Å². The van der Waals surface area contributed by atoms with Crippen LogP contribution in [0.4, 0.5) is 4.39 Å². The molecule has 9 nitrogen and oxygen atoms in total. The van der Waals surface area contributed by atoms with Crippen molar-refractivity contribution in [1.29, 1.82) is 0 Å². The number of ether oxygens (including phenoxy) is 3. The molecule has 1 N–H and O–H groups in total. The molecule has 0 aliphatic heterocycles. The number of rotatable bonds is 11. The van der Waals surface area contributed by atoms with Gasteiger partial charge < -0.3 is 19.5 Å². The normalized spacial score (nSPS) is 11.4. The Labute approximate surface area is 226 Å². The molecule has 0 aliphatic rings. The SMILES string of the molecule is COc1ccc(OCCOc2cc3c(CCNC(C)=O)c(C)n(S(=O)(=O)c4ccc(C)cc4)c3cc2F)cn1. The summed E-state index contributed by atoms with van der Waals surface area (Å²) in [6.07, 6.45) is 1.85. The third kappa shape index (κ3) is 6.14. The Balaban J connectivity index is 1.65. The Kier molecular flexibility index (Phi) is 8.39. The maximum Gasteiger partial charge on any atom is 0.268 e. The van der Waals surface area contributed by atoms with E-state index in [9.17, 15) is 13.2 Å². The summed E-state index contributed by atoms with van der Waals surface area (Å²) in [6, 6.07) is 12.5. The molecule has 0 atom stereocenters. The summed E-state index contributed by atoms with van der Waals surface area (Å²) in [5.41, 5.74) is 2.21. The first-order valence-electron chi connectivity index (χ1n) is 12.3. The fraction of sp³-hybridized carbons (Fsp3) is 0.286. The van der Waals surface area contributed by atoms with E-state index in [0.717, 1.165) is 9.54 Å². The standard InChI is InChI=1S/C28H30FN3O6S/c1-18-5-8-22(9-6-18)39(34,35)32-19(2)23(11-12-30-20(3)33)24-15-27(25(29)16-26(24)32)38-14-13-37-21-7-10-28(36-4)31-17-21/h5-10,15-17H,11-14H2,1-4H3,(H,30,33). The number of nitrogens with one attached hydrogen (secondary N) is 1. The number of amides is 1. The first kappa shape index (κ1) is 27.9. The van der Waals surface area contributed by atoms with Gasteiger partial charge in [-0.3, -0.25) is 4.79 Å². The predicted octanol–water partition coefficient (Wildman–Crippen LogP) is 4.17. The van der Waals surface area contributed by atoms with Gasteiger partial charge in [0.15, 0.2) is 11.6 Å². The zero-order valence-corrected chi connectivity index (χ0v) is 23.0. The van der Waals surface area contributed by atoms with Gasteiger partial charge in [-0.05, 0) is 50.1 Å². The van der Waals surface area contributed by atoms with Gasteiger partial charge in [0.1, 0.15) is 19.0 Å². The Hall–Kier alpha value is -4.12. The van der Waals surface area contributed by atoms with E-state index in [-0.39, 0.29) is 41.8 Å². The van der Waals surface area contributed by atoms with Crippen molar-refractivity contribution < 1.29 is 31.8 Å². The summed E-state index contributed by atoms with van der Waals surface area (Å²) in [6.45, 7) is 5.40. The average Bonchev–Trinajstić information content (AvgIpc) is 3.17. The lowest BCUT2D eigenvalue weighted by Gasteiger charge is -2.12. The van der Waals surface area contributed by atoms with Crippen LogP contribution in [0.25, 0.3) is 10.9 Å². The van der Waals surface area contributed by atoms with Crippen LogP contribution >= 0.6 is 0 Å². The zero-order chi connectivity index (χ0) is 28.2. The summed E-state index contributed by atoms with van der Waals surface area (Å²) in [7, 11) is -2.52. The van der Waals surface area contributed by atoms with Crippen molar-refractivity contribution in [3.05, 3.63) is 77.4 Å². The molecule has 0 aliphatic carbocycles. The lowest BCUT2D eigenvalue weighted by atomic mass is 10.1. The zero-order valence-electron chi connectivity index (χ0n) is 22.2. The third-order valence-electron chi connectivity index (χ3n) is 6.17. The van der Waals surface area contributed by atoms with Gasteiger partial charge in [0.05, 0.1) is 23.7 Å². The molecule has 2 aromatic heterocycles. The molecular weight excluding hydrogens is 525 g/mol. The van der Waals surface area contributed by atoms with Crippen LogP contribution in [0.1, 0.15) is 23.7 Å². The Morgan fingerprint density at radius 2 is 1.77 bits per heavy atom. The number of nitrogens with zero attached hydrogens (tertiary/aromatic N) is 2. The van der Waals surface area contributed by atoms with Crippen molar-refractivity contribution in [2.24, 2.45) is 0 Å². The van der Waals surface area contributed by atoms with Crippen LogP contribution in [-0.4, -0.2) is 50.1 Å². The number of fused-ring (bicyclic) bond motifs is 1. The number of carbonyl (C=O) groups is 1. The fourth-order valence-electron chi connectivity index (χ4n) is 4.25. The fourth-order valence-corrected chi connectivity index (χ4v) is 5.82. The highest BCUT2D eigenvalue weighted by Gasteiger charge is 2.26. The van der Waals surface area contributed by atoms with Gasteiger partial charge >= 0.3 is 0 Å². The molecule has 0 spiro atoms. The number of halogens is 1. The molecule has 0 bridgehead atoms. The number of carbonyl (C=O) groups excluding carboxylic acids is 1. The smallest absolute Gasteiger partial charge is 0.268 e. The highest BCUT2D eigenvalue weighted by Crippen LogP contribution is 2.34. The summed E-state index contributed by atoms with van der Waals surface area (Å²) >= 11 is 0. The predicted molar refractivity (Wildman–Crippen MR) is 145 cm³/mol. The molecule has 4 aromatic rings. The van der Waals surface area contributed by atoms with Crippen molar-refractivity contribution in [2.75, 3.05) is 26.9 Å². The molecule has 206 valence electrons. The molecule has 0 saturated heterocycles. The minimum absolute atomic E-state index is 0.0374. The number of aromatic nitrogens is 2. The van der Waals surface area contributed by atoms with E-state index in [4.69, 9.17) is 14.2 Å². The van der Waals surface area contributed by atoms with Gasteiger partial charge in [0, 0.05) is 36.7 Å². The van der Waals surface area contributed by atoms with Crippen molar-refractivity contribution >= 4 is 26.8 Å². The van der Waals surface area contributed by atoms with Crippen LogP contribution in [0.2, 0.25) is 0 Å². The number of hydrogen-bond acceptors (Lipinski definition) is 7. The Morgan fingerprint density at radius 1 is 1.05 bits per heavy atom. The van der Waals surface area contributed by atoms with E-state index in [0.29, 0.717) is 34.7 Å². The van der Waals surface area contributed by atoms with E-state index < -0.39 is 15.8 Å². The number of aryl methyl sites for hydroxylation is 1. The molecule has 2 heterocycles. The number of pyridine rings is 1. The maximum atomic E-state index is 15.2. The Bertz CT molecular complexity index is 1580. The van der Waals surface area contributed by atoms with E-state index in [1.807, 2.05) is 6.92 Å². The van der Waals surface area contributed by atoms with E-state index in [2.05, 4.69) is 10.3 Å². The van der Waals surface area contributed by atoms with Gasteiger partial charge in [-0.25, -0.2) is 21.8 Å². The van der Waals surface area contributed by atoms with Crippen molar-refractivity contribution in [3.63, 3.8) is 0 Å². The molecule has 0 unspecified atom stereocenters.